The number of hydrogen-bond donors (Lipinski definition) is 1. The maximum atomic E-state index is 13.2. The smallest absolute Gasteiger partial charge is 0.471 e. The van der Waals surface area contributed by atoms with Crippen molar-refractivity contribution in [2.24, 2.45) is 5.16 Å². The Balaban J connectivity index is 2.72. The summed E-state index contributed by atoms with van der Waals surface area (Å²) in [5.41, 5.74) is -0.593. The molecule has 0 fully saturated rings. The van der Waals surface area contributed by atoms with Gasteiger partial charge < -0.3 is 24.3 Å². The molecule has 1 aromatic heterocycles. The highest BCUT2D eigenvalue weighted by Gasteiger charge is 2.50. The predicted molar refractivity (Wildman–Crippen MR) is 92.3 cm³/mol. The van der Waals surface area contributed by atoms with Crippen LogP contribution in [0.5, 0.6) is 11.8 Å². The van der Waals surface area contributed by atoms with E-state index in [1.807, 2.05) is 0 Å². The SMILES string of the molecule is C=CCO/N=C1\CN(C(=O)C(F)(F)F)C(C(=O)OCC)c2cc(OC)nc(O)c21. The fraction of sp³-hybridized carbons (Fsp3) is 0.412. The fourth-order valence-electron chi connectivity index (χ4n) is 2.71. The molecule has 12 heteroatoms. The number of fused-ring (bicyclic) bond motifs is 1. The number of pyridine rings is 1. The molecule has 9 nitrogen and oxygen atoms in total. The van der Waals surface area contributed by atoms with Crippen LogP contribution in [0.4, 0.5) is 13.2 Å². The molecule has 29 heavy (non-hydrogen) atoms. The number of aromatic nitrogens is 1. The molecule has 0 saturated carbocycles. The second-order valence-electron chi connectivity index (χ2n) is 5.66. The van der Waals surface area contributed by atoms with E-state index >= 15 is 0 Å². The molecule has 2 heterocycles. The molecule has 158 valence electrons. The number of nitrogens with zero attached hydrogens (tertiary/aromatic N) is 3. The van der Waals surface area contributed by atoms with E-state index < -0.39 is 36.5 Å². The van der Waals surface area contributed by atoms with Crippen molar-refractivity contribution in [1.29, 1.82) is 0 Å². The molecular weight excluding hydrogens is 399 g/mol. The second-order valence-corrected chi connectivity index (χ2v) is 5.66. The van der Waals surface area contributed by atoms with Crippen molar-refractivity contribution >= 4 is 17.6 Å². The van der Waals surface area contributed by atoms with Crippen LogP contribution in [0.3, 0.4) is 0 Å². The number of aromatic hydroxyl groups is 1. The minimum Gasteiger partial charge on any atom is -0.493 e. The van der Waals surface area contributed by atoms with E-state index in [9.17, 15) is 27.9 Å². The number of amides is 1. The fourth-order valence-corrected chi connectivity index (χ4v) is 2.71. The van der Waals surface area contributed by atoms with Crippen LogP contribution in [0.15, 0.2) is 23.9 Å². The average molecular weight is 417 g/mol. The van der Waals surface area contributed by atoms with Crippen molar-refractivity contribution in [1.82, 2.24) is 9.88 Å². The van der Waals surface area contributed by atoms with Crippen molar-refractivity contribution in [3.63, 3.8) is 0 Å². The Bertz CT molecular complexity index is 840. The van der Waals surface area contributed by atoms with Gasteiger partial charge in [0.05, 0.1) is 25.8 Å². The zero-order chi connectivity index (χ0) is 21.8. The van der Waals surface area contributed by atoms with Gasteiger partial charge in [-0.3, -0.25) is 4.79 Å². The summed E-state index contributed by atoms with van der Waals surface area (Å²) >= 11 is 0. The summed E-state index contributed by atoms with van der Waals surface area (Å²) in [4.78, 5) is 33.4. The highest BCUT2D eigenvalue weighted by Crippen LogP contribution is 2.39. The molecule has 1 aliphatic rings. The highest BCUT2D eigenvalue weighted by atomic mass is 19.4. The summed E-state index contributed by atoms with van der Waals surface area (Å²) in [6, 6.07) is -0.685. The maximum absolute atomic E-state index is 13.2. The van der Waals surface area contributed by atoms with Gasteiger partial charge in [0, 0.05) is 11.6 Å². The molecule has 1 N–H and O–H groups in total. The Labute approximate surface area is 163 Å². The lowest BCUT2D eigenvalue weighted by Gasteiger charge is -2.36. The Morgan fingerprint density at radius 3 is 2.72 bits per heavy atom. The predicted octanol–water partition coefficient (Wildman–Crippen LogP) is 1.71. The Hall–Kier alpha value is -3.31. The van der Waals surface area contributed by atoms with Crippen molar-refractivity contribution in [2.45, 2.75) is 19.1 Å². The van der Waals surface area contributed by atoms with Gasteiger partial charge in [0.2, 0.25) is 11.8 Å². The Kier molecular flexibility index (Phi) is 6.67. The summed E-state index contributed by atoms with van der Waals surface area (Å²) in [5, 5.41) is 14.0. The molecule has 2 rings (SSSR count). The first-order chi connectivity index (χ1) is 13.6. The lowest BCUT2D eigenvalue weighted by atomic mass is 9.92. The van der Waals surface area contributed by atoms with Crippen LogP contribution in [-0.4, -0.2) is 65.6 Å². The van der Waals surface area contributed by atoms with Crippen molar-refractivity contribution in [2.75, 3.05) is 26.9 Å². The van der Waals surface area contributed by atoms with Crippen LogP contribution in [0.2, 0.25) is 0 Å². The van der Waals surface area contributed by atoms with Gasteiger partial charge in [-0.1, -0.05) is 17.8 Å². The van der Waals surface area contributed by atoms with Gasteiger partial charge in [0.1, 0.15) is 12.3 Å². The molecule has 1 unspecified atom stereocenters. The molecule has 0 aliphatic carbocycles. The van der Waals surface area contributed by atoms with Gasteiger partial charge >= 0.3 is 18.1 Å². The van der Waals surface area contributed by atoms with Crippen LogP contribution in [0.25, 0.3) is 0 Å². The van der Waals surface area contributed by atoms with E-state index in [-0.39, 0.29) is 40.8 Å². The van der Waals surface area contributed by atoms with Gasteiger partial charge in [-0.2, -0.15) is 18.2 Å². The summed E-state index contributed by atoms with van der Waals surface area (Å²) in [7, 11) is 1.21. The van der Waals surface area contributed by atoms with E-state index in [1.54, 1.807) is 0 Å². The molecule has 0 aromatic carbocycles. The molecule has 0 bridgehead atoms. The third-order valence-corrected chi connectivity index (χ3v) is 3.81. The summed E-state index contributed by atoms with van der Waals surface area (Å²) in [6.07, 6.45) is -3.94. The molecule has 0 spiro atoms. The minimum atomic E-state index is -5.27. The summed E-state index contributed by atoms with van der Waals surface area (Å²) in [6.45, 7) is 3.86. The summed E-state index contributed by atoms with van der Waals surface area (Å²) < 4.78 is 49.3. The first-order valence-electron chi connectivity index (χ1n) is 8.28. The van der Waals surface area contributed by atoms with Crippen LogP contribution in [0, 0.1) is 0 Å². The normalized spacial score (nSPS) is 17.5. The van der Waals surface area contributed by atoms with Crippen molar-refractivity contribution < 1.29 is 42.2 Å². The van der Waals surface area contributed by atoms with Crippen molar-refractivity contribution in [3.8, 4) is 11.8 Å². The number of carbonyl (C=O) groups is 2. The molecule has 1 amide bonds. The number of esters is 1. The number of carbonyl (C=O) groups excluding carboxylic acids is 2. The summed E-state index contributed by atoms with van der Waals surface area (Å²) in [5.74, 6) is -4.25. The Morgan fingerprint density at radius 2 is 2.17 bits per heavy atom. The van der Waals surface area contributed by atoms with Crippen LogP contribution >= 0.6 is 0 Å². The van der Waals surface area contributed by atoms with E-state index in [2.05, 4.69) is 16.7 Å². The second kappa shape index (κ2) is 8.80. The van der Waals surface area contributed by atoms with Crippen LogP contribution < -0.4 is 4.74 Å². The van der Waals surface area contributed by atoms with Crippen LogP contribution in [0.1, 0.15) is 24.1 Å². The number of hydrogen-bond acceptors (Lipinski definition) is 8. The monoisotopic (exact) mass is 417 g/mol. The van der Waals surface area contributed by atoms with E-state index in [0.29, 0.717) is 0 Å². The van der Waals surface area contributed by atoms with E-state index in [0.717, 1.165) is 6.07 Å². The topological polar surface area (TPSA) is 111 Å². The number of halogens is 3. The highest BCUT2D eigenvalue weighted by molar-refractivity contribution is 6.09. The number of ether oxygens (including phenoxy) is 2. The molecule has 0 saturated heterocycles. The molecule has 1 aliphatic heterocycles. The lowest BCUT2D eigenvalue weighted by molar-refractivity contribution is -0.190. The maximum Gasteiger partial charge on any atom is 0.471 e. The standard InChI is InChI=1S/C17H18F3N3O6/c1-4-6-29-22-10-8-23(16(26)17(18,19)20)13(15(25)28-5-2)9-7-11(27-3)21-14(24)12(9)10/h4,7,13H,1,5-6,8H2,2-3H3,(H,21,24)/b22-10+. The lowest BCUT2D eigenvalue weighted by Crippen LogP contribution is -2.51. The first-order valence-corrected chi connectivity index (χ1v) is 8.28. The van der Waals surface area contributed by atoms with Gasteiger partial charge in [0.15, 0.2) is 6.04 Å². The number of rotatable bonds is 6. The first kappa shape index (κ1) is 22.0. The van der Waals surface area contributed by atoms with E-state index in [1.165, 1.54) is 20.1 Å². The minimum absolute atomic E-state index is 0.0856. The molecule has 1 aromatic rings. The number of methoxy groups -OCH3 is 1. The van der Waals surface area contributed by atoms with Crippen molar-refractivity contribution in [3.05, 3.63) is 29.8 Å². The Morgan fingerprint density at radius 1 is 1.48 bits per heavy atom. The third kappa shape index (κ3) is 4.58. The largest absolute Gasteiger partial charge is 0.493 e. The zero-order valence-electron chi connectivity index (χ0n) is 15.5. The number of oxime groups is 1. The molecule has 1 atom stereocenters. The zero-order valence-corrected chi connectivity index (χ0v) is 15.5. The quantitative estimate of drug-likeness (QED) is 0.325. The van der Waals surface area contributed by atoms with E-state index in [4.69, 9.17) is 14.3 Å². The third-order valence-electron chi connectivity index (χ3n) is 3.81. The number of alkyl halides is 3. The average Bonchev–Trinajstić information content (AvgIpc) is 2.65. The molecular formula is C17H18F3N3O6. The molecule has 0 radical (unpaired) electrons. The van der Waals surface area contributed by atoms with Gasteiger partial charge in [-0.05, 0) is 6.92 Å². The van der Waals surface area contributed by atoms with Gasteiger partial charge in [-0.25, -0.2) is 4.79 Å². The van der Waals surface area contributed by atoms with Gasteiger partial charge in [-0.15, -0.1) is 0 Å². The van der Waals surface area contributed by atoms with Gasteiger partial charge in [0.25, 0.3) is 0 Å². The van der Waals surface area contributed by atoms with Crippen LogP contribution in [-0.2, 0) is 19.2 Å².